The van der Waals surface area contributed by atoms with E-state index in [0.29, 0.717) is 18.0 Å². The molecule has 1 aliphatic heterocycles. The molecule has 180 valence electrons. The summed E-state index contributed by atoms with van der Waals surface area (Å²) in [5.41, 5.74) is 0.712. The summed E-state index contributed by atoms with van der Waals surface area (Å²) in [4.78, 5) is 14.5. The molecule has 1 N–H and O–H groups in total. The summed E-state index contributed by atoms with van der Waals surface area (Å²) in [6.45, 7) is 3.92. The molecule has 4 rings (SSSR count). The van der Waals surface area contributed by atoms with Crippen molar-refractivity contribution in [1.29, 1.82) is 0 Å². The van der Waals surface area contributed by atoms with Gasteiger partial charge in [0.2, 0.25) is 15.9 Å². The first-order valence-electron chi connectivity index (χ1n) is 11.9. The van der Waals surface area contributed by atoms with Crippen molar-refractivity contribution in [1.82, 2.24) is 9.21 Å². The molecule has 2 fully saturated rings. The van der Waals surface area contributed by atoms with Crippen LogP contribution in [0.3, 0.4) is 0 Å². The number of aliphatic hydroxyl groups excluding tert-OH is 1. The molecule has 2 saturated carbocycles. The Kier molecular flexibility index (Phi) is 7.04. The second-order valence-corrected chi connectivity index (χ2v) is 11.7. The molecule has 3 aliphatic rings. The fourth-order valence-corrected chi connectivity index (χ4v) is 6.09. The van der Waals surface area contributed by atoms with Crippen molar-refractivity contribution in [2.75, 3.05) is 26.7 Å². The van der Waals surface area contributed by atoms with E-state index in [1.807, 2.05) is 6.92 Å². The van der Waals surface area contributed by atoms with Crippen molar-refractivity contribution in [3.63, 3.8) is 0 Å². The summed E-state index contributed by atoms with van der Waals surface area (Å²) in [6, 6.07) is 4.38. The average molecular weight is 475 g/mol. The van der Waals surface area contributed by atoms with E-state index in [1.54, 1.807) is 37.1 Å². The highest BCUT2D eigenvalue weighted by molar-refractivity contribution is 7.89. The Morgan fingerprint density at radius 1 is 1.30 bits per heavy atom. The Morgan fingerprint density at radius 3 is 2.64 bits per heavy atom. The number of rotatable bonds is 5. The highest BCUT2D eigenvalue weighted by Crippen LogP contribution is 2.35. The van der Waals surface area contributed by atoms with Crippen molar-refractivity contribution >= 4 is 15.9 Å². The summed E-state index contributed by atoms with van der Waals surface area (Å²) in [5.74, 6) is 7.04. The van der Waals surface area contributed by atoms with Crippen molar-refractivity contribution < 1.29 is 23.1 Å². The van der Waals surface area contributed by atoms with E-state index in [2.05, 4.69) is 11.8 Å². The number of aliphatic hydroxyl groups is 1. The molecule has 7 nitrogen and oxygen atoms in total. The largest absolute Gasteiger partial charge is 0.487 e. The number of likely N-dealkylation sites (N-methyl/N-ethyl adjacent to an activating group) is 1. The van der Waals surface area contributed by atoms with Gasteiger partial charge in [-0.3, -0.25) is 4.79 Å². The molecule has 0 radical (unpaired) electrons. The lowest BCUT2D eigenvalue weighted by molar-refractivity contribution is -0.138. The summed E-state index contributed by atoms with van der Waals surface area (Å²) in [5, 5.41) is 9.76. The number of fused-ring (bicyclic) bond motifs is 1. The van der Waals surface area contributed by atoms with Gasteiger partial charge in [-0.15, -0.1) is 0 Å². The molecule has 33 heavy (non-hydrogen) atoms. The SMILES string of the molecule is C[C@H](CO)N1C[C@H](C)[C@@H](CN(C)C(=O)C2CCC2)Oc2cc(C#CC3CC3)ccc2S1(=O)=O. The molecule has 0 bridgehead atoms. The van der Waals surface area contributed by atoms with Gasteiger partial charge in [0.05, 0.1) is 13.2 Å². The maximum absolute atomic E-state index is 13.5. The molecule has 0 spiro atoms. The Bertz CT molecular complexity index is 1050. The van der Waals surface area contributed by atoms with Crippen LogP contribution in [0.25, 0.3) is 0 Å². The minimum atomic E-state index is -3.88. The molecule has 0 saturated heterocycles. The lowest BCUT2D eigenvalue weighted by atomic mass is 9.84. The minimum Gasteiger partial charge on any atom is -0.487 e. The second kappa shape index (κ2) is 9.65. The number of carbonyl (C=O) groups is 1. The van der Waals surface area contributed by atoms with Gasteiger partial charge >= 0.3 is 0 Å². The van der Waals surface area contributed by atoms with Crippen molar-refractivity contribution in [2.24, 2.45) is 17.8 Å². The molecular weight excluding hydrogens is 440 g/mol. The minimum absolute atomic E-state index is 0.0737. The Balaban J connectivity index is 1.68. The molecule has 1 heterocycles. The monoisotopic (exact) mass is 474 g/mol. The van der Waals surface area contributed by atoms with Crippen LogP contribution in [-0.2, 0) is 14.8 Å². The van der Waals surface area contributed by atoms with Gasteiger partial charge in [-0.25, -0.2) is 8.42 Å². The number of sulfonamides is 1. The van der Waals surface area contributed by atoms with Crippen LogP contribution in [0.4, 0.5) is 0 Å². The van der Waals surface area contributed by atoms with Crippen LogP contribution in [0.1, 0.15) is 51.5 Å². The number of amides is 1. The standard InChI is InChI=1S/C25H34N2O5S/c1-17-14-27(18(2)16-28)33(30,31)24-12-11-20(10-9-19-7-8-19)13-22(24)32-23(17)15-26(3)25(29)21-5-4-6-21/h11-13,17-19,21,23,28H,4-8,14-16H2,1-3H3/t17-,18+,23+/m0/s1. The molecule has 0 aromatic heterocycles. The Hall–Kier alpha value is -2.08. The van der Waals surface area contributed by atoms with Gasteiger partial charge in [-0.2, -0.15) is 4.31 Å². The molecule has 2 aliphatic carbocycles. The van der Waals surface area contributed by atoms with Crippen molar-refractivity contribution in [3.8, 4) is 17.6 Å². The van der Waals surface area contributed by atoms with Crippen LogP contribution in [0.15, 0.2) is 23.1 Å². The van der Waals surface area contributed by atoms with Gasteiger partial charge in [0, 0.05) is 43.0 Å². The van der Waals surface area contributed by atoms with Gasteiger partial charge in [-0.05, 0) is 50.8 Å². The molecular formula is C25H34N2O5S. The normalized spacial score (nSPS) is 25.8. The molecule has 1 aromatic rings. The van der Waals surface area contributed by atoms with Crippen LogP contribution < -0.4 is 4.74 Å². The van der Waals surface area contributed by atoms with E-state index in [9.17, 15) is 18.3 Å². The first-order chi connectivity index (χ1) is 15.7. The van der Waals surface area contributed by atoms with Gasteiger partial charge in [0.1, 0.15) is 16.7 Å². The summed E-state index contributed by atoms with van der Waals surface area (Å²) in [6.07, 6.45) is 4.76. The maximum atomic E-state index is 13.5. The van der Waals surface area contributed by atoms with Gasteiger partial charge in [0.15, 0.2) is 0 Å². The van der Waals surface area contributed by atoms with Crippen LogP contribution in [0.2, 0.25) is 0 Å². The zero-order valence-corrected chi connectivity index (χ0v) is 20.5. The van der Waals surface area contributed by atoms with E-state index >= 15 is 0 Å². The fraction of sp³-hybridized carbons (Fsp3) is 0.640. The third-order valence-corrected chi connectivity index (χ3v) is 8.97. The van der Waals surface area contributed by atoms with E-state index in [4.69, 9.17) is 4.74 Å². The van der Waals surface area contributed by atoms with Crippen molar-refractivity contribution in [3.05, 3.63) is 23.8 Å². The van der Waals surface area contributed by atoms with Crippen LogP contribution in [0, 0.1) is 29.6 Å². The number of nitrogens with zero attached hydrogens (tertiary/aromatic N) is 2. The Labute approximate surface area is 197 Å². The zero-order chi connectivity index (χ0) is 23.8. The van der Waals surface area contributed by atoms with Crippen LogP contribution in [-0.4, -0.2) is 67.5 Å². The van der Waals surface area contributed by atoms with Crippen molar-refractivity contribution in [2.45, 2.75) is 63.0 Å². The molecule has 1 aromatic carbocycles. The third kappa shape index (κ3) is 5.21. The molecule has 3 atom stereocenters. The predicted molar refractivity (Wildman–Crippen MR) is 125 cm³/mol. The topological polar surface area (TPSA) is 87.2 Å². The second-order valence-electron chi connectivity index (χ2n) is 9.79. The van der Waals surface area contributed by atoms with Gasteiger partial charge in [-0.1, -0.05) is 25.2 Å². The predicted octanol–water partition coefficient (Wildman–Crippen LogP) is 2.48. The maximum Gasteiger partial charge on any atom is 0.247 e. The fourth-order valence-electron chi connectivity index (χ4n) is 4.26. The number of hydrogen-bond acceptors (Lipinski definition) is 5. The van der Waals surface area contributed by atoms with Crippen LogP contribution in [0.5, 0.6) is 5.75 Å². The Morgan fingerprint density at radius 2 is 2.03 bits per heavy atom. The summed E-state index contributed by atoms with van der Waals surface area (Å²) < 4.78 is 34.7. The van der Waals surface area contributed by atoms with Crippen LogP contribution >= 0.6 is 0 Å². The van der Waals surface area contributed by atoms with E-state index in [1.165, 1.54) is 4.31 Å². The zero-order valence-electron chi connectivity index (χ0n) is 19.7. The summed E-state index contributed by atoms with van der Waals surface area (Å²) in [7, 11) is -2.09. The van der Waals surface area contributed by atoms with E-state index < -0.39 is 22.2 Å². The molecule has 1 amide bonds. The lowest BCUT2D eigenvalue weighted by Crippen LogP contribution is -2.50. The third-order valence-electron chi connectivity index (χ3n) is 6.95. The van der Waals surface area contributed by atoms with Gasteiger partial charge < -0.3 is 14.7 Å². The molecule has 8 heteroatoms. The molecule has 0 unspecified atom stereocenters. The first kappa shape index (κ1) is 24.1. The number of hydrogen-bond donors (Lipinski definition) is 1. The highest BCUT2D eigenvalue weighted by Gasteiger charge is 2.39. The number of ether oxygens (including phenoxy) is 1. The summed E-state index contributed by atoms with van der Waals surface area (Å²) >= 11 is 0. The van der Waals surface area contributed by atoms with E-state index in [0.717, 1.165) is 32.1 Å². The van der Waals surface area contributed by atoms with E-state index in [-0.39, 0.29) is 41.5 Å². The average Bonchev–Trinajstić information content (AvgIpc) is 3.57. The number of benzene rings is 1. The highest BCUT2D eigenvalue weighted by atomic mass is 32.2. The smallest absolute Gasteiger partial charge is 0.247 e. The lowest BCUT2D eigenvalue weighted by Gasteiger charge is -2.38. The number of carbonyl (C=O) groups excluding carboxylic acids is 1. The first-order valence-corrected chi connectivity index (χ1v) is 13.3. The van der Waals surface area contributed by atoms with Gasteiger partial charge in [0.25, 0.3) is 0 Å². The quantitative estimate of drug-likeness (QED) is 0.663.